The molecule has 1 aliphatic rings. The maximum absolute atomic E-state index is 11.1. The van der Waals surface area contributed by atoms with Gasteiger partial charge in [-0.2, -0.15) is 0 Å². The molecule has 0 saturated carbocycles. The van der Waals surface area contributed by atoms with Crippen molar-refractivity contribution < 1.29 is 9.66 Å². The molecule has 5 heteroatoms. The van der Waals surface area contributed by atoms with Crippen molar-refractivity contribution in [2.45, 2.75) is 6.04 Å². The van der Waals surface area contributed by atoms with Gasteiger partial charge in [-0.15, -0.1) is 0 Å². The first-order valence-electron chi connectivity index (χ1n) is 9.07. The number of nitrogens with zero attached hydrogens (tertiary/aromatic N) is 2. The third kappa shape index (κ3) is 3.34. The van der Waals surface area contributed by atoms with E-state index in [-0.39, 0.29) is 16.7 Å². The second-order valence-electron chi connectivity index (χ2n) is 6.66. The van der Waals surface area contributed by atoms with Crippen LogP contribution in [-0.2, 0) is 4.74 Å². The maximum atomic E-state index is 11.1. The van der Waals surface area contributed by atoms with Gasteiger partial charge in [0.05, 0.1) is 24.6 Å². The lowest BCUT2D eigenvalue weighted by molar-refractivity contribution is -0.384. The smallest absolute Gasteiger partial charge is 0.269 e. The Balaban J connectivity index is 1.89. The van der Waals surface area contributed by atoms with Crippen molar-refractivity contribution in [1.29, 1.82) is 0 Å². The Morgan fingerprint density at radius 1 is 0.964 bits per heavy atom. The second-order valence-corrected chi connectivity index (χ2v) is 6.66. The van der Waals surface area contributed by atoms with Crippen molar-refractivity contribution in [3.8, 4) is 0 Å². The number of methoxy groups -OCH3 is 1. The van der Waals surface area contributed by atoms with Crippen molar-refractivity contribution in [2.24, 2.45) is 0 Å². The highest BCUT2D eigenvalue weighted by Crippen LogP contribution is 2.38. The summed E-state index contributed by atoms with van der Waals surface area (Å²) in [5.74, 6) is 0.862. The van der Waals surface area contributed by atoms with Gasteiger partial charge in [0.2, 0.25) is 0 Å². The number of hydrogen-bond acceptors (Lipinski definition) is 4. The minimum Gasteiger partial charge on any atom is -0.499 e. The van der Waals surface area contributed by atoms with Crippen LogP contribution in [-0.4, -0.2) is 18.6 Å². The van der Waals surface area contributed by atoms with Gasteiger partial charge >= 0.3 is 0 Å². The molecule has 1 aliphatic heterocycles. The lowest BCUT2D eigenvalue weighted by Crippen LogP contribution is -2.31. The minimum atomic E-state index is -0.371. The topological polar surface area (TPSA) is 55.6 Å². The van der Waals surface area contributed by atoms with Gasteiger partial charge in [-0.25, -0.2) is 0 Å². The highest BCUT2D eigenvalue weighted by Gasteiger charge is 2.28. The molecule has 3 aromatic rings. The summed E-state index contributed by atoms with van der Waals surface area (Å²) in [7, 11) is 1.68. The van der Waals surface area contributed by atoms with E-state index >= 15 is 0 Å². The number of benzene rings is 3. The summed E-state index contributed by atoms with van der Waals surface area (Å²) >= 11 is 0. The van der Waals surface area contributed by atoms with Crippen molar-refractivity contribution in [2.75, 3.05) is 18.6 Å². The number of nitro benzene ring substituents is 1. The van der Waals surface area contributed by atoms with E-state index in [1.54, 1.807) is 19.2 Å². The monoisotopic (exact) mass is 372 g/mol. The molecule has 4 rings (SSSR count). The summed E-state index contributed by atoms with van der Waals surface area (Å²) in [4.78, 5) is 13.0. The van der Waals surface area contributed by atoms with Crippen molar-refractivity contribution in [3.05, 3.63) is 111 Å². The SMILES string of the molecule is COC1=Cc2ccccc2C(c2ccc([N+](=O)[O-])cc2)N(c2ccccc2)C1. The summed E-state index contributed by atoms with van der Waals surface area (Å²) in [6, 6.07) is 25.1. The van der Waals surface area contributed by atoms with Crippen LogP contribution in [0.15, 0.2) is 84.6 Å². The molecule has 0 amide bonds. The molecule has 0 bridgehead atoms. The molecule has 1 atom stereocenters. The average Bonchev–Trinajstić information content (AvgIpc) is 2.91. The normalized spacial score (nSPS) is 16.0. The van der Waals surface area contributed by atoms with Crippen LogP contribution in [0.4, 0.5) is 11.4 Å². The average molecular weight is 372 g/mol. The minimum absolute atomic E-state index is 0.0904. The van der Waals surface area contributed by atoms with Crippen LogP contribution >= 0.6 is 0 Å². The molecule has 140 valence electrons. The molecule has 0 fully saturated rings. The highest BCUT2D eigenvalue weighted by atomic mass is 16.6. The number of nitro groups is 1. The van der Waals surface area contributed by atoms with Gasteiger partial charge in [-0.05, 0) is 47.0 Å². The molecule has 28 heavy (non-hydrogen) atoms. The Morgan fingerprint density at radius 2 is 1.64 bits per heavy atom. The van der Waals surface area contributed by atoms with Gasteiger partial charge in [0.15, 0.2) is 0 Å². The number of fused-ring (bicyclic) bond motifs is 1. The molecule has 0 aliphatic carbocycles. The maximum Gasteiger partial charge on any atom is 0.269 e. The van der Waals surface area contributed by atoms with Crippen LogP contribution < -0.4 is 4.90 Å². The van der Waals surface area contributed by atoms with Crippen molar-refractivity contribution in [1.82, 2.24) is 0 Å². The molecule has 0 N–H and O–H groups in total. The third-order valence-electron chi connectivity index (χ3n) is 5.01. The second kappa shape index (κ2) is 7.56. The molecule has 0 aromatic heterocycles. The van der Waals surface area contributed by atoms with E-state index in [0.717, 1.165) is 28.1 Å². The van der Waals surface area contributed by atoms with Gasteiger partial charge < -0.3 is 9.64 Å². The predicted octanol–water partition coefficient (Wildman–Crippen LogP) is 5.19. The fourth-order valence-electron chi connectivity index (χ4n) is 3.66. The number of para-hydroxylation sites is 1. The Hall–Kier alpha value is -3.60. The van der Waals surface area contributed by atoms with Crippen LogP contribution in [0.5, 0.6) is 0 Å². The number of anilines is 1. The van der Waals surface area contributed by atoms with Crippen molar-refractivity contribution >= 4 is 17.5 Å². The Kier molecular flexibility index (Phi) is 4.81. The van der Waals surface area contributed by atoms with E-state index in [0.29, 0.717) is 6.54 Å². The standard InChI is InChI=1S/C23H20N2O3/c1-28-21-15-18-7-5-6-10-22(18)23(17-11-13-20(14-12-17)25(26)27)24(16-21)19-8-3-2-4-9-19/h2-15,23H,16H2,1H3. The number of ether oxygens (including phenoxy) is 1. The van der Waals surface area contributed by atoms with Gasteiger partial charge in [-0.3, -0.25) is 10.1 Å². The van der Waals surface area contributed by atoms with E-state index in [9.17, 15) is 10.1 Å². The quantitative estimate of drug-likeness (QED) is 0.467. The first-order valence-corrected chi connectivity index (χ1v) is 9.07. The van der Waals surface area contributed by atoms with Crippen LogP contribution in [0, 0.1) is 10.1 Å². The molecule has 0 radical (unpaired) electrons. The summed E-state index contributed by atoms with van der Waals surface area (Å²) in [5.41, 5.74) is 4.36. The Labute approximate surface area is 163 Å². The van der Waals surface area contributed by atoms with Gasteiger partial charge in [0.1, 0.15) is 5.76 Å². The number of non-ortho nitro benzene ring substituents is 1. The zero-order valence-corrected chi connectivity index (χ0v) is 15.5. The molecule has 1 unspecified atom stereocenters. The summed E-state index contributed by atoms with van der Waals surface area (Å²) in [6.07, 6.45) is 2.07. The van der Waals surface area contributed by atoms with Gasteiger partial charge in [0, 0.05) is 17.8 Å². The van der Waals surface area contributed by atoms with E-state index < -0.39 is 0 Å². The Bertz CT molecular complexity index is 1010. The van der Waals surface area contributed by atoms with E-state index in [4.69, 9.17) is 4.74 Å². The first kappa shape index (κ1) is 17.8. The largest absolute Gasteiger partial charge is 0.499 e. The molecule has 5 nitrogen and oxygen atoms in total. The van der Waals surface area contributed by atoms with Gasteiger partial charge in [-0.1, -0.05) is 42.5 Å². The molecular formula is C23H20N2O3. The number of hydrogen-bond donors (Lipinski definition) is 0. The third-order valence-corrected chi connectivity index (χ3v) is 5.01. The molecule has 3 aromatic carbocycles. The molecule has 0 saturated heterocycles. The highest BCUT2D eigenvalue weighted by molar-refractivity contribution is 5.65. The van der Waals surface area contributed by atoms with Crippen LogP contribution in [0.2, 0.25) is 0 Å². The van der Waals surface area contributed by atoms with E-state index in [1.807, 2.05) is 42.5 Å². The van der Waals surface area contributed by atoms with Crippen molar-refractivity contribution in [3.63, 3.8) is 0 Å². The van der Waals surface area contributed by atoms with Crippen LogP contribution in [0.1, 0.15) is 22.7 Å². The molecule has 0 spiro atoms. The number of rotatable bonds is 4. The fourth-order valence-corrected chi connectivity index (χ4v) is 3.66. The van der Waals surface area contributed by atoms with Crippen LogP contribution in [0.3, 0.4) is 0 Å². The zero-order chi connectivity index (χ0) is 19.5. The lowest BCUT2D eigenvalue weighted by Gasteiger charge is -2.34. The zero-order valence-electron chi connectivity index (χ0n) is 15.5. The lowest BCUT2D eigenvalue weighted by atomic mass is 9.93. The fraction of sp³-hybridized carbons (Fsp3) is 0.130. The Morgan fingerprint density at radius 3 is 2.32 bits per heavy atom. The van der Waals surface area contributed by atoms with Gasteiger partial charge in [0.25, 0.3) is 5.69 Å². The summed E-state index contributed by atoms with van der Waals surface area (Å²) in [6.45, 7) is 0.594. The summed E-state index contributed by atoms with van der Waals surface area (Å²) in [5, 5.41) is 11.1. The van der Waals surface area contributed by atoms with Crippen LogP contribution in [0.25, 0.3) is 6.08 Å². The van der Waals surface area contributed by atoms with E-state index in [1.165, 1.54) is 0 Å². The predicted molar refractivity (Wildman–Crippen MR) is 110 cm³/mol. The molecule has 1 heterocycles. The van der Waals surface area contributed by atoms with E-state index in [2.05, 4.69) is 35.2 Å². The molecular weight excluding hydrogens is 352 g/mol. The first-order chi connectivity index (χ1) is 13.7. The summed E-state index contributed by atoms with van der Waals surface area (Å²) < 4.78 is 5.64.